The molecule has 1 aliphatic rings. The molecule has 0 N–H and O–H groups in total. The van der Waals surface area contributed by atoms with E-state index in [1.165, 1.54) is 4.68 Å². The van der Waals surface area contributed by atoms with Crippen molar-refractivity contribution in [3.05, 3.63) is 53.6 Å². The molecule has 2 heterocycles. The van der Waals surface area contributed by atoms with Gasteiger partial charge in [0, 0.05) is 31.0 Å². The number of aromatic nitrogens is 3. The Morgan fingerprint density at radius 3 is 2.56 bits per heavy atom. The number of ether oxygens (including phenoxy) is 1. The molecule has 6 nitrogen and oxygen atoms in total. The summed E-state index contributed by atoms with van der Waals surface area (Å²) in [5.74, 6) is 0.802. The number of halogens is 1. The van der Waals surface area contributed by atoms with Crippen LogP contribution in [0.25, 0.3) is 11.0 Å². The number of fused-ring (bicyclic) bond motifs is 1. The van der Waals surface area contributed by atoms with E-state index >= 15 is 0 Å². The van der Waals surface area contributed by atoms with E-state index in [9.17, 15) is 4.79 Å². The van der Waals surface area contributed by atoms with E-state index in [4.69, 9.17) is 16.3 Å². The van der Waals surface area contributed by atoms with Crippen LogP contribution in [0.3, 0.4) is 0 Å². The zero-order valence-corrected chi connectivity index (χ0v) is 14.3. The highest BCUT2D eigenvalue weighted by molar-refractivity contribution is 6.30. The van der Waals surface area contributed by atoms with Gasteiger partial charge in [-0.3, -0.25) is 0 Å². The number of carbonyl (C=O) groups excluding carboxylic acids is 1. The first-order valence-electron chi connectivity index (χ1n) is 8.23. The van der Waals surface area contributed by atoms with Crippen molar-refractivity contribution in [2.45, 2.75) is 18.9 Å². The maximum atomic E-state index is 12.7. The number of para-hydroxylation sites is 1. The summed E-state index contributed by atoms with van der Waals surface area (Å²) >= 11 is 5.89. The molecule has 3 aromatic rings. The average Bonchev–Trinajstić information content (AvgIpc) is 3.08. The van der Waals surface area contributed by atoms with Gasteiger partial charge < -0.3 is 9.64 Å². The van der Waals surface area contributed by atoms with Crippen molar-refractivity contribution in [2.24, 2.45) is 0 Å². The predicted octanol–water partition coefficient (Wildman–Crippen LogP) is 3.60. The molecule has 7 heteroatoms. The molecule has 0 aliphatic carbocycles. The van der Waals surface area contributed by atoms with Gasteiger partial charge in [0.1, 0.15) is 17.4 Å². The van der Waals surface area contributed by atoms with Gasteiger partial charge in [-0.2, -0.15) is 4.68 Å². The first-order chi connectivity index (χ1) is 12.2. The van der Waals surface area contributed by atoms with Crippen LogP contribution in [-0.4, -0.2) is 45.1 Å². The van der Waals surface area contributed by atoms with Crippen molar-refractivity contribution in [2.75, 3.05) is 13.1 Å². The molecule has 1 saturated heterocycles. The van der Waals surface area contributed by atoms with Crippen molar-refractivity contribution in [1.82, 2.24) is 19.9 Å². The molecule has 1 fully saturated rings. The van der Waals surface area contributed by atoms with E-state index in [0.717, 1.165) is 29.6 Å². The van der Waals surface area contributed by atoms with Crippen molar-refractivity contribution in [1.29, 1.82) is 0 Å². The van der Waals surface area contributed by atoms with Gasteiger partial charge in [-0.1, -0.05) is 28.9 Å². The molecule has 1 amide bonds. The zero-order chi connectivity index (χ0) is 17.2. The van der Waals surface area contributed by atoms with Gasteiger partial charge in [-0.15, -0.1) is 5.10 Å². The standard InChI is InChI=1S/C18H17ClN4O2/c19-13-5-7-14(8-6-13)25-15-9-11-22(12-10-15)18(24)23-17-4-2-1-3-16(17)20-21-23/h1-8,15H,9-12H2. The van der Waals surface area contributed by atoms with Gasteiger partial charge in [-0.05, 0) is 36.4 Å². The Morgan fingerprint density at radius 1 is 1.08 bits per heavy atom. The van der Waals surface area contributed by atoms with Gasteiger partial charge in [0.05, 0.1) is 5.52 Å². The van der Waals surface area contributed by atoms with Crippen LogP contribution in [0.1, 0.15) is 12.8 Å². The van der Waals surface area contributed by atoms with Crippen LogP contribution in [0.15, 0.2) is 48.5 Å². The molecule has 25 heavy (non-hydrogen) atoms. The second-order valence-electron chi connectivity index (χ2n) is 6.03. The van der Waals surface area contributed by atoms with E-state index in [1.54, 1.807) is 4.90 Å². The van der Waals surface area contributed by atoms with Crippen molar-refractivity contribution >= 4 is 28.7 Å². The fourth-order valence-corrected chi connectivity index (χ4v) is 3.14. The quantitative estimate of drug-likeness (QED) is 0.704. The molecule has 0 unspecified atom stereocenters. The average molecular weight is 357 g/mol. The SMILES string of the molecule is O=C(N1CCC(Oc2ccc(Cl)cc2)CC1)n1nnc2ccccc21. The smallest absolute Gasteiger partial charge is 0.346 e. The predicted molar refractivity (Wildman–Crippen MR) is 95.0 cm³/mol. The number of benzene rings is 2. The third-order valence-electron chi connectivity index (χ3n) is 4.36. The Kier molecular flexibility index (Phi) is 4.28. The first kappa shape index (κ1) is 15.9. The van der Waals surface area contributed by atoms with Crippen molar-refractivity contribution < 1.29 is 9.53 Å². The second-order valence-corrected chi connectivity index (χ2v) is 6.47. The Morgan fingerprint density at radius 2 is 1.80 bits per heavy atom. The van der Waals surface area contributed by atoms with Crippen LogP contribution in [-0.2, 0) is 0 Å². The largest absolute Gasteiger partial charge is 0.490 e. The molecular weight excluding hydrogens is 340 g/mol. The van der Waals surface area contributed by atoms with Gasteiger partial charge in [-0.25, -0.2) is 4.79 Å². The van der Waals surface area contributed by atoms with E-state index in [1.807, 2.05) is 48.5 Å². The van der Waals surface area contributed by atoms with Crippen LogP contribution < -0.4 is 4.74 Å². The summed E-state index contributed by atoms with van der Waals surface area (Å²) in [7, 11) is 0. The Labute approximate surface area is 149 Å². The van der Waals surface area contributed by atoms with Gasteiger partial charge in [0.25, 0.3) is 0 Å². The summed E-state index contributed by atoms with van der Waals surface area (Å²) in [6.07, 6.45) is 1.65. The maximum Gasteiger partial charge on any atom is 0.346 e. The number of hydrogen-bond acceptors (Lipinski definition) is 4. The van der Waals surface area contributed by atoms with E-state index in [0.29, 0.717) is 18.1 Å². The minimum atomic E-state index is -0.140. The monoisotopic (exact) mass is 356 g/mol. The molecule has 0 atom stereocenters. The Hall–Kier alpha value is -2.60. The first-order valence-corrected chi connectivity index (χ1v) is 8.60. The molecular formula is C18H17ClN4O2. The minimum absolute atomic E-state index is 0.0951. The Balaban J connectivity index is 1.39. The van der Waals surface area contributed by atoms with Gasteiger partial charge in [0.2, 0.25) is 0 Å². The highest BCUT2D eigenvalue weighted by Crippen LogP contribution is 2.22. The van der Waals surface area contributed by atoms with Gasteiger partial charge >= 0.3 is 6.03 Å². The van der Waals surface area contributed by atoms with E-state index < -0.39 is 0 Å². The number of amides is 1. The molecule has 2 aromatic carbocycles. The summed E-state index contributed by atoms with van der Waals surface area (Å²) in [5.41, 5.74) is 1.45. The number of nitrogens with zero attached hydrogens (tertiary/aromatic N) is 4. The summed E-state index contributed by atoms with van der Waals surface area (Å²) in [6, 6.07) is 14.7. The lowest BCUT2D eigenvalue weighted by molar-refractivity contribution is 0.111. The van der Waals surface area contributed by atoms with Crippen LogP contribution in [0.2, 0.25) is 5.02 Å². The third kappa shape index (κ3) is 3.30. The second kappa shape index (κ2) is 6.72. The Bertz CT molecular complexity index is 885. The van der Waals surface area contributed by atoms with Crippen LogP contribution in [0, 0.1) is 0 Å². The van der Waals surface area contributed by atoms with Crippen LogP contribution >= 0.6 is 11.6 Å². The molecule has 0 radical (unpaired) electrons. The van der Waals surface area contributed by atoms with Crippen molar-refractivity contribution in [3.8, 4) is 5.75 Å². The fourth-order valence-electron chi connectivity index (χ4n) is 3.01. The summed E-state index contributed by atoms with van der Waals surface area (Å²) in [6.45, 7) is 1.26. The van der Waals surface area contributed by atoms with E-state index in [2.05, 4.69) is 10.3 Å². The molecule has 0 saturated carbocycles. The molecule has 1 aliphatic heterocycles. The number of likely N-dealkylation sites (tertiary alicyclic amines) is 1. The topological polar surface area (TPSA) is 60.2 Å². The molecule has 1 aromatic heterocycles. The summed E-state index contributed by atoms with van der Waals surface area (Å²) < 4.78 is 7.34. The van der Waals surface area contributed by atoms with E-state index in [-0.39, 0.29) is 12.1 Å². The maximum absolute atomic E-state index is 12.7. The lowest BCUT2D eigenvalue weighted by Crippen LogP contribution is -2.43. The third-order valence-corrected chi connectivity index (χ3v) is 4.61. The summed E-state index contributed by atoms with van der Waals surface area (Å²) in [5, 5.41) is 8.73. The van der Waals surface area contributed by atoms with Gasteiger partial charge in [0.15, 0.2) is 0 Å². The summed E-state index contributed by atoms with van der Waals surface area (Å²) in [4.78, 5) is 14.5. The zero-order valence-electron chi connectivity index (χ0n) is 13.5. The number of rotatable bonds is 2. The molecule has 4 rings (SSSR count). The highest BCUT2D eigenvalue weighted by Gasteiger charge is 2.26. The lowest BCUT2D eigenvalue weighted by Gasteiger charge is -2.31. The van der Waals surface area contributed by atoms with Crippen LogP contribution in [0.4, 0.5) is 4.79 Å². The number of carbonyl (C=O) groups is 1. The number of hydrogen-bond donors (Lipinski definition) is 0. The number of piperidine rings is 1. The fraction of sp³-hybridized carbons (Fsp3) is 0.278. The normalized spacial score (nSPS) is 15.5. The lowest BCUT2D eigenvalue weighted by atomic mass is 10.1. The highest BCUT2D eigenvalue weighted by atomic mass is 35.5. The van der Waals surface area contributed by atoms with Crippen molar-refractivity contribution in [3.63, 3.8) is 0 Å². The molecule has 0 spiro atoms. The molecule has 0 bridgehead atoms. The minimum Gasteiger partial charge on any atom is -0.490 e. The van der Waals surface area contributed by atoms with Crippen LogP contribution in [0.5, 0.6) is 5.75 Å². The molecule has 128 valence electrons.